The van der Waals surface area contributed by atoms with Gasteiger partial charge in [0.1, 0.15) is 0 Å². The van der Waals surface area contributed by atoms with Crippen LogP contribution in [0, 0.1) is 6.92 Å². The zero-order chi connectivity index (χ0) is 21.7. The maximum Gasteiger partial charge on any atom is 0.361 e. The van der Waals surface area contributed by atoms with E-state index in [0.717, 1.165) is 16.8 Å². The molecule has 1 unspecified atom stereocenters. The lowest BCUT2D eigenvalue weighted by molar-refractivity contribution is 0.0514. The van der Waals surface area contributed by atoms with E-state index in [4.69, 9.17) is 9.47 Å². The molecule has 2 aromatic heterocycles. The molecule has 3 aromatic rings. The van der Waals surface area contributed by atoms with Crippen molar-refractivity contribution in [1.82, 2.24) is 14.5 Å². The number of aromatic nitrogens is 3. The summed E-state index contributed by atoms with van der Waals surface area (Å²) in [5.41, 5.74) is 2.07. The number of benzene rings is 1. The summed E-state index contributed by atoms with van der Waals surface area (Å²) < 4.78 is 11.5. The van der Waals surface area contributed by atoms with E-state index in [1.54, 1.807) is 20.2 Å². The second-order valence-electron chi connectivity index (χ2n) is 6.62. The Labute approximate surface area is 174 Å². The number of hydrogen-bond acceptors (Lipinski definition) is 7. The zero-order valence-corrected chi connectivity index (χ0v) is 17.4. The molecule has 0 aliphatic heterocycles. The van der Waals surface area contributed by atoms with Crippen molar-refractivity contribution in [3.63, 3.8) is 0 Å². The number of nitrogens with one attached hydrogen (secondary N) is 1. The highest BCUT2D eigenvalue weighted by Gasteiger charge is 2.24. The van der Waals surface area contributed by atoms with E-state index in [2.05, 4.69) is 15.3 Å². The van der Waals surface area contributed by atoms with Gasteiger partial charge in [0.2, 0.25) is 11.7 Å². The molecule has 156 valence electrons. The van der Waals surface area contributed by atoms with Crippen molar-refractivity contribution in [1.29, 1.82) is 0 Å². The molecule has 1 atom stereocenters. The van der Waals surface area contributed by atoms with Gasteiger partial charge in [0.25, 0.3) is 5.56 Å². The third-order valence-corrected chi connectivity index (χ3v) is 4.60. The van der Waals surface area contributed by atoms with Gasteiger partial charge in [0.15, 0.2) is 5.69 Å². The Balaban J connectivity index is 2.11. The fraction of sp³-hybridized carbons (Fsp3) is 0.273. The molecule has 8 nitrogen and oxygen atoms in total. The second kappa shape index (κ2) is 9.21. The van der Waals surface area contributed by atoms with Crippen LogP contribution in [0.25, 0.3) is 0 Å². The van der Waals surface area contributed by atoms with Gasteiger partial charge in [-0.05, 0) is 31.0 Å². The number of rotatable bonds is 7. The first-order valence-electron chi connectivity index (χ1n) is 9.52. The van der Waals surface area contributed by atoms with E-state index in [-0.39, 0.29) is 30.0 Å². The predicted molar refractivity (Wildman–Crippen MR) is 113 cm³/mol. The molecule has 8 heteroatoms. The van der Waals surface area contributed by atoms with Gasteiger partial charge in [0, 0.05) is 18.9 Å². The summed E-state index contributed by atoms with van der Waals surface area (Å²) in [4.78, 5) is 33.9. The molecule has 30 heavy (non-hydrogen) atoms. The van der Waals surface area contributed by atoms with Crippen molar-refractivity contribution < 1.29 is 14.3 Å². The van der Waals surface area contributed by atoms with Crippen molar-refractivity contribution >= 4 is 11.9 Å². The molecule has 1 N–H and O–H groups in total. The molecule has 0 radical (unpaired) electrons. The molecule has 0 saturated carbocycles. The summed E-state index contributed by atoms with van der Waals surface area (Å²) in [6.45, 7) is 3.75. The molecule has 0 amide bonds. The van der Waals surface area contributed by atoms with Crippen molar-refractivity contribution in [2.75, 3.05) is 19.0 Å². The zero-order valence-electron chi connectivity index (χ0n) is 17.4. The Hall–Kier alpha value is -3.68. The maximum atomic E-state index is 12.8. The Bertz CT molecular complexity index is 1080. The van der Waals surface area contributed by atoms with Crippen molar-refractivity contribution in [2.45, 2.75) is 19.9 Å². The number of esters is 1. The van der Waals surface area contributed by atoms with E-state index < -0.39 is 11.5 Å². The number of nitrogens with zero attached hydrogens (tertiary/aromatic N) is 3. The Kier molecular flexibility index (Phi) is 6.46. The highest BCUT2D eigenvalue weighted by atomic mass is 16.5. The average Bonchev–Trinajstić information content (AvgIpc) is 2.76. The molecule has 0 spiro atoms. The van der Waals surface area contributed by atoms with Gasteiger partial charge in [-0.3, -0.25) is 14.3 Å². The van der Waals surface area contributed by atoms with E-state index in [1.165, 1.54) is 11.7 Å². The standard InChI is InChI=1S/C22H24N4O4/c1-5-30-21(28)18-19(29-4)20(27)26(3)22(25-18)24-17(15-9-7-6-8-10-15)16-12-11-14(2)23-13-16/h6-13,17H,5H2,1-4H3,(H,24,25). The normalized spacial score (nSPS) is 11.6. The lowest BCUT2D eigenvalue weighted by Crippen LogP contribution is -2.28. The van der Waals surface area contributed by atoms with Crippen LogP contribution in [-0.2, 0) is 11.8 Å². The molecular weight excluding hydrogens is 384 g/mol. The first kappa shape index (κ1) is 21.0. The number of pyridine rings is 1. The Morgan fingerprint density at radius 3 is 2.50 bits per heavy atom. The Morgan fingerprint density at radius 1 is 1.17 bits per heavy atom. The predicted octanol–water partition coefficient (Wildman–Crippen LogP) is 2.87. The van der Waals surface area contributed by atoms with Crippen LogP contribution in [0.2, 0.25) is 0 Å². The van der Waals surface area contributed by atoms with Crippen LogP contribution in [0.1, 0.15) is 40.3 Å². The number of hydrogen-bond donors (Lipinski definition) is 1. The van der Waals surface area contributed by atoms with Gasteiger partial charge in [-0.25, -0.2) is 9.78 Å². The van der Waals surface area contributed by atoms with Gasteiger partial charge in [-0.1, -0.05) is 36.4 Å². The summed E-state index contributed by atoms with van der Waals surface area (Å²) in [6.07, 6.45) is 1.77. The minimum absolute atomic E-state index is 0.156. The highest BCUT2D eigenvalue weighted by Crippen LogP contribution is 2.26. The number of carbonyl (C=O) groups is 1. The lowest BCUT2D eigenvalue weighted by Gasteiger charge is -2.22. The van der Waals surface area contributed by atoms with Gasteiger partial charge < -0.3 is 14.8 Å². The van der Waals surface area contributed by atoms with Crippen LogP contribution in [0.15, 0.2) is 53.5 Å². The minimum atomic E-state index is -0.719. The number of carbonyl (C=O) groups excluding carboxylic acids is 1. The molecule has 3 rings (SSSR count). The van der Waals surface area contributed by atoms with Crippen LogP contribution in [0.3, 0.4) is 0 Å². The minimum Gasteiger partial charge on any atom is -0.489 e. The summed E-state index contributed by atoms with van der Waals surface area (Å²) in [5, 5.41) is 3.28. The Morgan fingerprint density at radius 2 is 1.90 bits per heavy atom. The van der Waals surface area contributed by atoms with Crippen molar-refractivity contribution in [3.05, 3.63) is 81.5 Å². The molecule has 0 saturated heterocycles. The second-order valence-corrected chi connectivity index (χ2v) is 6.62. The van der Waals surface area contributed by atoms with E-state index in [0.29, 0.717) is 0 Å². The van der Waals surface area contributed by atoms with Gasteiger partial charge in [-0.15, -0.1) is 0 Å². The molecule has 0 aliphatic rings. The summed E-state index contributed by atoms with van der Waals surface area (Å²) >= 11 is 0. The number of methoxy groups -OCH3 is 1. The quantitative estimate of drug-likeness (QED) is 0.601. The highest BCUT2D eigenvalue weighted by molar-refractivity contribution is 5.90. The third kappa shape index (κ3) is 4.32. The molecule has 1 aromatic carbocycles. The molecule has 0 aliphatic carbocycles. The van der Waals surface area contributed by atoms with Crippen LogP contribution < -0.4 is 15.6 Å². The summed E-state index contributed by atoms with van der Waals surface area (Å²) in [7, 11) is 2.88. The smallest absolute Gasteiger partial charge is 0.361 e. The van der Waals surface area contributed by atoms with Crippen molar-refractivity contribution in [2.24, 2.45) is 7.05 Å². The third-order valence-electron chi connectivity index (χ3n) is 4.60. The molecular formula is C22H24N4O4. The maximum absolute atomic E-state index is 12.8. The van der Waals surface area contributed by atoms with E-state index >= 15 is 0 Å². The fourth-order valence-corrected chi connectivity index (χ4v) is 3.02. The van der Waals surface area contributed by atoms with Crippen LogP contribution in [0.5, 0.6) is 5.75 Å². The monoisotopic (exact) mass is 408 g/mol. The van der Waals surface area contributed by atoms with E-state index in [9.17, 15) is 9.59 Å². The van der Waals surface area contributed by atoms with E-state index in [1.807, 2.05) is 49.4 Å². The molecule has 0 fully saturated rings. The van der Waals surface area contributed by atoms with Crippen molar-refractivity contribution in [3.8, 4) is 5.75 Å². The number of aryl methyl sites for hydroxylation is 1. The van der Waals surface area contributed by atoms with Gasteiger partial charge in [-0.2, -0.15) is 0 Å². The largest absolute Gasteiger partial charge is 0.489 e. The molecule has 2 heterocycles. The summed E-state index contributed by atoms with van der Waals surface area (Å²) in [6, 6.07) is 13.2. The first-order chi connectivity index (χ1) is 14.5. The SMILES string of the molecule is CCOC(=O)c1nc(NC(c2ccccc2)c2ccc(C)nc2)n(C)c(=O)c1OC. The summed E-state index contributed by atoms with van der Waals surface area (Å²) in [5.74, 6) is -0.670. The topological polar surface area (TPSA) is 95.3 Å². The van der Waals surface area contributed by atoms with Gasteiger partial charge in [0.05, 0.1) is 19.8 Å². The average molecular weight is 408 g/mol. The number of anilines is 1. The van der Waals surface area contributed by atoms with Gasteiger partial charge >= 0.3 is 5.97 Å². The molecule has 0 bridgehead atoms. The number of ether oxygens (including phenoxy) is 2. The van der Waals surface area contributed by atoms with Crippen LogP contribution >= 0.6 is 0 Å². The lowest BCUT2D eigenvalue weighted by atomic mass is 10.00. The fourth-order valence-electron chi connectivity index (χ4n) is 3.02. The first-order valence-corrected chi connectivity index (χ1v) is 9.52. The van der Waals surface area contributed by atoms with Crippen LogP contribution in [-0.4, -0.2) is 34.2 Å². The van der Waals surface area contributed by atoms with Crippen LogP contribution in [0.4, 0.5) is 5.95 Å².